The van der Waals surface area contributed by atoms with E-state index >= 15 is 0 Å². The summed E-state index contributed by atoms with van der Waals surface area (Å²) in [6.07, 6.45) is 0. The van der Waals surface area contributed by atoms with Gasteiger partial charge in [0, 0.05) is 6.04 Å². The molecule has 0 rings (SSSR count). The first-order chi connectivity index (χ1) is 5.45. The van der Waals surface area contributed by atoms with Crippen molar-refractivity contribution in [2.24, 2.45) is 11.8 Å². The van der Waals surface area contributed by atoms with Crippen molar-refractivity contribution in [3.05, 3.63) is 0 Å². The molecule has 0 aromatic rings. The fraction of sp³-hybridized carbons (Fsp3) is 0.889. The van der Waals surface area contributed by atoms with Gasteiger partial charge in [-0.3, -0.25) is 4.79 Å². The van der Waals surface area contributed by atoms with Crippen LogP contribution in [0.15, 0.2) is 0 Å². The van der Waals surface area contributed by atoms with Crippen LogP contribution in [0.25, 0.3) is 0 Å². The zero-order chi connectivity index (χ0) is 9.72. The molecule has 0 aliphatic carbocycles. The zero-order valence-corrected chi connectivity index (χ0v) is 8.29. The average molecular weight is 173 g/mol. The molecule has 3 heteroatoms. The number of carboxylic acid groups (broad SMARTS) is 1. The zero-order valence-electron chi connectivity index (χ0n) is 8.29. The fourth-order valence-electron chi connectivity index (χ4n) is 1.45. The summed E-state index contributed by atoms with van der Waals surface area (Å²) in [6.45, 7) is 8.44. The van der Waals surface area contributed by atoms with Crippen LogP contribution in [0.2, 0.25) is 0 Å². The smallest absolute Gasteiger partial charge is 0.317 e. The van der Waals surface area contributed by atoms with E-state index in [-0.39, 0.29) is 6.54 Å². The number of rotatable bonds is 5. The van der Waals surface area contributed by atoms with Crippen molar-refractivity contribution >= 4 is 5.97 Å². The standard InChI is InChI=1S/C9H19NO2/c1-6(2)9(7(3)4)10-5-8(11)12/h6-7,9-10H,5H2,1-4H3,(H,11,12). The highest BCUT2D eigenvalue weighted by Crippen LogP contribution is 2.11. The first kappa shape index (κ1) is 11.4. The van der Waals surface area contributed by atoms with Gasteiger partial charge in [-0.05, 0) is 11.8 Å². The number of carbonyl (C=O) groups is 1. The van der Waals surface area contributed by atoms with Gasteiger partial charge in [-0.2, -0.15) is 0 Å². The van der Waals surface area contributed by atoms with Crippen LogP contribution in [0.3, 0.4) is 0 Å². The third kappa shape index (κ3) is 4.34. The van der Waals surface area contributed by atoms with E-state index in [4.69, 9.17) is 5.11 Å². The first-order valence-electron chi connectivity index (χ1n) is 4.40. The van der Waals surface area contributed by atoms with Gasteiger partial charge in [0.2, 0.25) is 0 Å². The van der Waals surface area contributed by atoms with Gasteiger partial charge in [0.15, 0.2) is 0 Å². The van der Waals surface area contributed by atoms with E-state index in [1.807, 2.05) is 0 Å². The summed E-state index contributed by atoms with van der Waals surface area (Å²) in [5, 5.41) is 11.5. The van der Waals surface area contributed by atoms with Crippen LogP contribution in [-0.4, -0.2) is 23.7 Å². The molecule has 0 aromatic carbocycles. The van der Waals surface area contributed by atoms with Crippen LogP contribution < -0.4 is 5.32 Å². The predicted molar refractivity (Wildman–Crippen MR) is 49.1 cm³/mol. The molecule has 72 valence electrons. The topological polar surface area (TPSA) is 49.3 Å². The normalized spacial score (nSPS) is 11.6. The van der Waals surface area contributed by atoms with E-state index in [1.165, 1.54) is 0 Å². The minimum atomic E-state index is -0.790. The van der Waals surface area contributed by atoms with Gasteiger partial charge in [-0.15, -0.1) is 0 Å². The van der Waals surface area contributed by atoms with E-state index in [9.17, 15) is 4.79 Å². The third-order valence-corrected chi connectivity index (χ3v) is 1.93. The van der Waals surface area contributed by atoms with Crippen molar-refractivity contribution < 1.29 is 9.90 Å². The van der Waals surface area contributed by atoms with Crippen molar-refractivity contribution in [1.29, 1.82) is 0 Å². The van der Waals surface area contributed by atoms with E-state index in [2.05, 4.69) is 33.0 Å². The first-order valence-corrected chi connectivity index (χ1v) is 4.40. The summed E-state index contributed by atoms with van der Waals surface area (Å²) in [4.78, 5) is 10.3. The van der Waals surface area contributed by atoms with Crippen LogP contribution in [0.1, 0.15) is 27.7 Å². The Kier molecular flexibility index (Phi) is 4.90. The van der Waals surface area contributed by atoms with Crippen molar-refractivity contribution in [2.45, 2.75) is 33.7 Å². The minimum Gasteiger partial charge on any atom is -0.480 e. The van der Waals surface area contributed by atoms with Crippen LogP contribution >= 0.6 is 0 Å². The lowest BCUT2D eigenvalue weighted by Crippen LogP contribution is -2.41. The lowest BCUT2D eigenvalue weighted by Gasteiger charge is -2.25. The van der Waals surface area contributed by atoms with Gasteiger partial charge in [-0.1, -0.05) is 27.7 Å². The van der Waals surface area contributed by atoms with Crippen LogP contribution in [-0.2, 0) is 4.79 Å². The Morgan fingerprint density at radius 1 is 1.25 bits per heavy atom. The lowest BCUT2D eigenvalue weighted by molar-refractivity contribution is -0.136. The third-order valence-electron chi connectivity index (χ3n) is 1.93. The molecule has 0 radical (unpaired) electrons. The predicted octanol–water partition coefficient (Wildman–Crippen LogP) is 1.34. The molecule has 3 nitrogen and oxygen atoms in total. The van der Waals surface area contributed by atoms with Gasteiger partial charge >= 0.3 is 5.97 Å². The number of aliphatic carboxylic acids is 1. The van der Waals surface area contributed by atoms with Gasteiger partial charge in [0.1, 0.15) is 0 Å². The Labute approximate surface area is 74.2 Å². The fourth-order valence-corrected chi connectivity index (χ4v) is 1.45. The van der Waals surface area contributed by atoms with E-state index < -0.39 is 5.97 Å². The molecule has 0 saturated heterocycles. The van der Waals surface area contributed by atoms with E-state index in [0.717, 1.165) is 0 Å². The van der Waals surface area contributed by atoms with Gasteiger partial charge in [-0.25, -0.2) is 0 Å². The molecule has 0 aromatic heterocycles. The number of nitrogens with one attached hydrogen (secondary N) is 1. The maximum Gasteiger partial charge on any atom is 0.317 e. The summed E-state index contributed by atoms with van der Waals surface area (Å²) in [6, 6.07) is 0.293. The minimum absolute atomic E-state index is 0.0566. The van der Waals surface area contributed by atoms with Gasteiger partial charge < -0.3 is 10.4 Å². The quantitative estimate of drug-likeness (QED) is 0.659. The van der Waals surface area contributed by atoms with Crippen molar-refractivity contribution in [2.75, 3.05) is 6.54 Å². The number of carboxylic acids is 1. The second-order valence-electron chi connectivity index (χ2n) is 3.79. The van der Waals surface area contributed by atoms with Crippen molar-refractivity contribution in [3.8, 4) is 0 Å². The second-order valence-corrected chi connectivity index (χ2v) is 3.79. The Morgan fingerprint density at radius 3 is 1.92 bits per heavy atom. The molecule has 0 bridgehead atoms. The Hall–Kier alpha value is -0.570. The largest absolute Gasteiger partial charge is 0.480 e. The molecule has 0 saturated carbocycles. The molecule has 0 fully saturated rings. The summed E-state index contributed by atoms with van der Waals surface area (Å²) >= 11 is 0. The second kappa shape index (κ2) is 5.14. The molecular weight excluding hydrogens is 154 g/mol. The molecule has 2 N–H and O–H groups in total. The maximum atomic E-state index is 10.3. The molecule has 0 heterocycles. The Morgan fingerprint density at radius 2 is 1.67 bits per heavy atom. The van der Waals surface area contributed by atoms with Gasteiger partial charge in [0.05, 0.1) is 6.54 Å². The molecule has 0 aliphatic rings. The number of hydrogen-bond acceptors (Lipinski definition) is 2. The Bertz CT molecular complexity index is 135. The summed E-state index contributed by atoms with van der Waals surface area (Å²) in [5.41, 5.74) is 0. The highest BCUT2D eigenvalue weighted by molar-refractivity contribution is 5.69. The molecule has 0 unspecified atom stereocenters. The SMILES string of the molecule is CC(C)C(NCC(=O)O)C(C)C. The average Bonchev–Trinajstić information content (AvgIpc) is 1.84. The molecule has 0 atom stereocenters. The summed E-state index contributed by atoms with van der Waals surface area (Å²) < 4.78 is 0. The van der Waals surface area contributed by atoms with E-state index in [0.29, 0.717) is 17.9 Å². The molecule has 0 aliphatic heterocycles. The molecule has 0 amide bonds. The van der Waals surface area contributed by atoms with Crippen LogP contribution in [0.4, 0.5) is 0 Å². The molecule has 12 heavy (non-hydrogen) atoms. The molecule has 0 spiro atoms. The number of hydrogen-bond donors (Lipinski definition) is 2. The Balaban J connectivity index is 3.88. The highest BCUT2D eigenvalue weighted by Gasteiger charge is 2.17. The molecular formula is C9H19NO2. The van der Waals surface area contributed by atoms with Crippen molar-refractivity contribution in [1.82, 2.24) is 5.32 Å². The van der Waals surface area contributed by atoms with E-state index in [1.54, 1.807) is 0 Å². The summed E-state index contributed by atoms with van der Waals surface area (Å²) in [5.74, 6) is 0.162. The van der Waals surface area contributed by atoms with Crippen LogP contribution in [0.5, 0.6) is 0 Å². The van der Waals surface area contributed by atoms with Crippen LogP contribution in [0, 0.1) is 11.8 Å². The highest BCUT2D eigenvalue weighted by atomic mass is 16.4. The lowest BCUT2D eigenvalue weighted by atomic mass is 9.93. The monoisotopic (exact) mass is 173 g/mol. The van der Waals surface area contributed by atoms with Gasteiger partial charge in [0.25, 0.3) is 0 Å². The van der Waals surface area contributed by atoms with Crippen molar-refractivity contribution in [3.63, 3.8) is 0 Å². The maximum absolute atomic E-state index is 10.3. The summed E-state index contributed by atoms with van der Waals surface area (Å²) in [7, 11) is 0.